The molecule has 2 aromatic rings. The van der Waals surface area contributed by atoms with Crippen molar-refractivity contribution in [3.63, 3.8) is 0 Å². The van der Waals surface area contributed by atoms with Crippen LogP contribution in [0.3, 0.4) is 0 Å². The molecular weight excluding hydrogens is 357 g/mol. The Labute approximate surface area is 138 Å². The van der Waals surface area contributed by atoms with E-state index < -0.39 is 0 Å². The number of hydrogen-bond acceptors (Lipinski definition) is 1. The van der Waals surface area contributed by atoms with Gasteiger partial charge in [0.05, 0.1) is 6.04 Å². The maximum absolute atomic E-state index is 6.30. The Kier molecular flexibility index (Phi) is 5.36. The highest BCUT2D eigenvalue weighted by Crippen LogP contribution is 2.33. The molecule has 0 aliphatic heterocycles. The van der Waals surface area contributed by atoms with E-state index in [0.29, 0.717) is 10.0 Å². The first-order valence-corrected chi connectivity index (χ1v) is 8.03. The van der Waals surface area contributed by atoms with Crippen molar-refractivity contribution < 1.29 is 0 Å². The predicted molar refractivity (Wildman–Crippen MR) is 92.0 cm³/mol. The quantitative estimate of drug-likeness (QED) is 0.635. The van der Waals surface area contributed by atoms with Crippen molar-refractivity contribution in [3.05, 3.63) is 62.0 Å². The average Bonchev–Trinajstić information content (AvgIpc) is 2.40. The van der Waals surface area contributed by atoms with Crippen LogP contribution in [0, 0.1) is 6.92 Å². The van der Waals surface area contributed by atoms with Crippen molar-refractivity contribution in [2.24, 2.45) is 0 Å². The molecule has 0 radical (unpaired) electrons. The fourth-order valence-electron chi connectivity index (χ4n) is 2.12. The number of aryl methyl sites for hydroxylation is 1. The molecule has 0 aliphatic rings. The molecule has 106 valence electrons. The zero-order valence-corrected chi connectivity index (χ0v) is 14.5. The van der Waals surface area contributed by atoms with Crippen LogP contribution in [0.25, 0.3) is 0 Å². The van der Waals surface area contributed by atoms with E-state index in [1.54, 1.807) is 6.07 Å². The maximum Gasteiger partial charge on any atom is 0.0526 e. The highest BCUT2D eigenvalue weighted by atomic mass is 79.9. The van der Waals surface area contributed by atoms with Gasteiger partial charge in [0.25, 0.3) is 0 Å². The monoisotopic (exact) mass is 371 g/mol. The standard InChI is InChI=1S/C16H16BrCl2N/c1-3-15(12-6-5-11(18)9-14(12)19)20-16-8-10(2)4-7-13(16)17/h4-9,15,20H,3H2,1-2H3. The second-order valence-corrected chi connectivity index (χ2v) is 6.45. The molecule has 0 aromatic heterocycles. The molecule has 0 saturated heterocycles. The number of nitrogens with one attached hydrogen (secondary N) is 1. The largest absolute Gasteiger partial charge is 0.377 e. The van der Waals surface area contributed by atoms with Gasteiger partial charge in [0.15, 0.2) is 0 Å². The molecule has 1 nitrogen and oxygen atoms in total. The number of halogens is 3. The minimum absolute atomic E-state index is 0.151. The lowest BCUT2D eigenvalue weighted by Crippen LogP contribution is -2.10. The highest BCUT2D eigenvalue weighted by molar-refractivity contribution is 9.10. The normalized spacial score (nSPS) is 12.2. The van der Waals surface area contributed by atoms with Crippen LogP contribution in [0.1, 0.15) is 30.5 Å². The Morgan fingerprint density at radius 3 is 2.55 bits per heavy atom. The average molecular weight is 373 g/mol. The molecule has 1 N–H and O–H groups in total. The van der Waals surface area contributed by atoms with E-state index in [1.165, 1.54) is 5.56 Å². The Balaban J connectivity index is 2.31. The van der Waals surface area contributed by atoms with E-state index in [-0.39, 0.29) is 6.04 Å². The van der Waals surface area contributed by atoms with Crippen molar-refractivity contribution in [3.8, 4) is 0 Å². The molecule has 1 unspecified atom stereocenters. The maximum atomic E-state index is 6.30. The lowest BCUT2D eigenvalue weighted by atomic mass is 10.0. The lowest BCUT2D eigenvalue weighted by molar-refractivity contribution is 0.749. The third kappa shape index (κ3) is 3.69. The minimum atomic E-state index is 0.151. The Morgan fingerprint density at radius 2 is 1.90 bits per heavy atom. The van der Waals surface area contributed by atoms with Crippen molar-refractivity contribution >= 4 is 44.8 Å². The van der Waals surface area contributed by atoms with Crippen LogP contribution in [-0.2, 0) is 0 Å². The smallest absolute Gasteiger partial charge is 0.0526 e. The fourth-order valence-corrected chi connectivity index (χ4v) is 3.02. The third-order valence-electron chi connectivity index (χ3n) is 3.20. The topological polar surface area (TPSA) is 12.0 Å². The van der Waals surface area contributed by atoms with Gasteiger partial charge >= 0.3 is 0 Å². The van der Waals surface area contributed by atoms with Gasteiger partial charge in [-0.05, 0) is 64.7 Å². The summed E-state index contributed by atoms with van der Waals surface area (Å²) in [6.07, 6.45) is 0.932. The highest BCUT2D eigenvalue weighted by Gasteiger charge is 2.14. The van der Waals surface area contributed by atoms with Crippen LogP contribution in [-0.4, -0.2) is 0 Å². The van der Waals surface area contributed by atoms with Crippen molar-refractivity contribution in [1.82, 2.24) is 0 Å². The summed E-state index contributed by atoms with van der Waals surface area (Å²) in [5, 5.41) is 4.89. The van der Waals surface area contributed by atoms with Gasteiger partial charge < -0.3 is 5.32 Å². The van der Waals surface area contributed by atoms with Gasteiger partial charge in [-0.3, -0.25) is 0 Å². The second-order valence-electron chi connectivity index (χ2n) is 4.75. The van der Waals surface area contributed by atoms with Gasteiger partial charge in [-0.1, -0.05) is 42.3 Å². The molecule has 0 fully saturated rings. The van der Waals surface area contributed by atoms with E-state index in [1.807, 2.05) is 18.2 Å². The molecule has 2 rings (SSSR count). The van der Waals surface area contributed by atoms with Crippen LogP contribution in [0.2, 0.25) is 10.0 Å². The Hall–Kier alpha value is -0.700. The Morgan fingerprint density at radius 1 is 1.15 bits per heavy atom. The molecular formula is C16H16BrCl2N. The molecule has 0 amide bonds. The van der Waals surface area contributed by atoms with E-state index in [4.69, 9.17) is 23.2 Å². The molecule has 20 heavy (non-hydrogen) atoms. The van der Waals surface area contributed by atoms with Crippen LogP contribution in [0.4, 0.5) is 5.69 Å². The molecule has 0 bridgehead atoms. The summed E-state index contributed by atoms with van der Waals surface area (Å²) >= 11 is 15.8. The van der Waals surface area contributed by atoms with E-state index in [2.05, 4.69) is 47.2 Å². The third-order valence-corrected chi connectivity index (χ3v) is 4.45. The van der Waals surface area contributed by atoms with Gasteiger partial charge in [0.2, 0.25) is 0 Å². The first-order valence-electron chi connectivity index (χ1n) is 6.49. The van der Waals surface area contributed by atoms with Gasteiger partial charge in [-0.25, -0.2) is 0 Å². The first-order chi connectivity index (χ1) is 9.51. The number of hydrogen-bond donors (Lipinski definition) is 1. The summed E-state index contributed by atoms with van der Waals surface area (Å²) in [5.41, 5.74) is 3.35. The van der Waals surface area contributed by atoms with Crippen LogP contribution in [0.5, 0.6) is 0 Å². The van der Waals surface area contributed by atoms with Crippen molar-refractivity contribution in [2.75, 3.05) is 5.32 Å². The SMILES string of the molecule is CCC(Nc1cc(C)ccc1Br)c1ccc(Cl)cc1Cl. The summed E-state index contributed by atoms with van der Waals surface area (Å²) in [6.45, 7) is 4.21. The van der Waals surface area contributed by atoms with Gasteiger partial charge in [0, 0.05) is 20.2 Å². The number of anilines is 1. The molecule has 0 spiro atoms. The molecule has 0 saturated carbocycles. The van der Waals surface area contributed by atoms with Crippen LogP contribution in [0.15, 0.2) is 40.9 Å². The van der Waals surface area contributed by atoms with E-state index >= 15 is 0 Å². The fraction of sp³-hybridized carbons (Fsp3) is 0.250. The number of rotatable bonds is 4. The van der Waals surface area contributed by atoms with Crippen LogP contribution >= 0.6 is 39.1 Å². The number of benzene rings is 2. The second kappa shape index (κ2) is 6.84. The van der Waals surface area contributed by atoms with Crippen LogP contribution < -0.4 is 5.32 Å². The zero-order chi connectivity index (χ0) is 14.7. The first kappa shape index (κ1) is 15.7. The minimum Gasteiger partial charge on any atom is -0.377 e. The van der Waals surface area contributed by atoms with E-state index in [9.17, 15) is 0 Å². The van der Waals surface area contributed by atoms with Crippen molar-refractivity contribution in [1.29, 1.82) is 0 Å². The molecule has 0 aliphatic carbocycles. The Bertz CT molecular complexity index is 613. The summed E-state index contributed by atoms with van der Waals surface area (Å²) < 4.78 is 1.05. The zero-order valence-electron chi connectivity index (χ0n) is 11.4. The summed E-state index contributed by atoms with van der Waals surface area (Å²) in [4.78, 5) is 0. The summed E-state index contributed by atoms with van der Waals surface area (Å²) in [5.74, 6) is 0. The van der Waals surface area contributed by atoms with Gasteiger partial charge in [-0.15, -0.1) is 0 Å². The van der Waals surface area contributed by atoms with Crippen molar-refractivity contribution in [2.45, 2.75) is 26.3 Å². The van der Waals surface area contributed by atoms with Gasteiger partial charge in [0.1, 0.15) is 0 Å². The molecule has 4 heteroatoms. The lowest BCUT2D eigenvalue weighted by Gasteiger charge is -2.21. The summed E-state index contributed by atoms with van der Waals surface area (Å²) in [7, 11) is 0. The summed E-state index contributed by atoms with van der Waals surface area (Å²) in [6, 6.07) is 12.0. The molecule has 2 aromatic carbocycles. The molecule has 0 heterocycles. The predicted octanol–water partition coefficient (Wildman–Crippen LogP) is 6.63. The van der Waals surface area contributed by atoms with E-state index in [0.717, 1.165) is 22.1 Å². The molecule has 1 atom stereocenters. The van der Waals surface area contributed by atoms with Gasteiger partial charge in [-0.2, -0.15) is 0 Å².